The van der Waals surface area contributed by atoms with Gasteiger partial charge in [-0.3, -0.25) is 0 Å². The van der Waals surface area contributed by atoms with Crippen LogP contribution >= 0.6 is 11.3 Å². The number of carbonyl (C=O) groups is 1. The summed E-state index contributed by atoms with van der Waals surface area (Å²) in [4.78, 5) is 17.1. The van der Waals surface area contributed by atoms with Crippen molar-refractivity contribution in [3.63, 3.8) is 0 Å². The Balaban J connectivity index is 2.19. The van der Waals surface area contributed by atoms with E-state index >= 15 is 0 Å². The molecule has 1 aromatic rings. The lowest BCUT2D eigenvalue weighted by Crippen LogP contribution is -2.40. The minimum Gasteiger partial charge on any atom is -0.477 e. The Morgan fingerprint density at radius 3 is 2.47 bits per heavy atom. The Kier molecular flexibility index (Phi) is 3.09. The Hall–Kier alpha value is -1.15. The highest BCUT2D eigenvalue weighted by Gasteiger charge is 2.25. The van der Waals surface area contributed by atoms with Gasteiger partial charge in [-0.25, -0.2) is 18.2 Å². The van der Waals surface area contributed by atoms with Crippen LogP contribution in [0.5, 0.6) is 0 Å². The second-order valence-electron chi connectivity index (χ2n) is 3.85. The number of anilines is 1. The molecule has 0 unspecified atom stereocenters. The summed E-state index contributed by atoms with van der Waals surface area (Å²) >= 11 is 1.09. The molecule has 2 heterocycles. The quantitative estimate of drug-likeness (QED) is 0.840. The zero-order valence-corrected chi connectivity index (χ0v) is 10.8. The average molecular weight is 276 g/mol. The Labute approximate surface area is 103 Å². The lowest BCUT2D eigenvalue weighted by atomic mass is 10.4. The number of hydrogen-bond acceptors (Lipinski definition) is 6. The number of carboxylic acids is 1. The Morgan fingerprint density at radius 2 is 2.00 bits per heavy atom. The summed E-state index contributed by atoms with van der Waals surface area (Å²) in [5, 5.41) is 9.51. The number of carboxylic acid groups (broad SMARTS) is 1. The highest BCUT2D eigenvalue weighted by atomic mass is 32.2. The topological polar surface area (TPSA) is 87.6 Å². The molecule has 1 aromatic heterocycles. The van der Waals surface area contributed by atoms with Crippen LogP contribution in [-0.2, 0) is 9.84 Å². The number of thiazole rings is 1. The van der Waals surface area contributed by atoms with Crippen LogP contribution < -0.4 is 4.90 Å². The first kappa shape index (κ1) is 12.3. The van der Waals surface area contributed by atoms with E-state index in [1.807, 2.05) is 4.90 Å². The minimum absolute atomic E-state index is 0.105. The Bertz CT molecular complexity index is 535. The number of sulfone groups is 1. The van der Waals surface area contributed by atoms with Crippen molar-refractivity contribution in [3.05, 3.63) is 10.6 Å². The predicted octanol–water partition coefficient (Wildman–Crippen LogP) is 0.385. The summed E-state index contributed by atoms with van der Waals surface area (Å²) in [6.07, 6.45) is 0. The van der Waals surface area contributed by atoms with E-state index in [1.54, 1.807) is 6.92 Å². The van der Waals surface area contributed by atoms with Crippen molar-refractivity contribution in [3.8, 4) is 0 Å². The van der Waals surface area contributed by atoms with Crippen LogP contribution in [0.2, 0.25) is 0 Å². The van der Waals surface area contributed by atoms with Crippen molar-refractivity contribution in [2.24, 2.45) is 0 Å². The zero-order chi connectivity index (χ0) is 12.6. The van der Waals surface area contributed by atoms with E-state index in [0.29, 0.717) is 23.9 Å². The number of nitrogens with zero attached hydrogens (tertiary/aromatic N) is 2. The van der Waals surface area contributed by atoms with Crippen molar-refractivity contribution >= 4 is 32.3 Å². The highest BCUT2D eigenvalue weighted by Crippen LogP contribution is 2.27. The largest absolute Gasteiger partial charge is 0.477 e. The van der Waals surface area contributed by atoms with Crippen LogP contribution in [0, 0.1) is 6.92 Å². The van der Waals surface area contributed by atoms with E-state index in [4.69, 9.17) is 5.11 Å². The molecule has 0 radical (unpaired) electrons. The lowest BCUT2D eigenvalue weighted by molar-refractivity contribution is 0.0701. The number of aryl methyl sites for hydroxylation is 1. The summed E-state index contributed by atoms with van der Waals surface area (Å²) in [5.41, 5.74) is 0.478. The van der Waals surface area contributed by atoms with Gasteiger partial charge in [0, 0.05) is 13.1 Å². The molecule has 94 valence electrons. The van der Waals surface area contributed by atoms with Crippen LogP contribution in [0.1, 0.15) is 15.4 Å². The molecule has 0 aliphatic carbocycles. The van der Waals surface area contributed by atoms with Crippen LogP contribution in [0.25, 0.3) is 0 Å². The van der Waals surface area contributed by atoms with Crippen LogP contribution in [0.3, 0.4) is 0 Å². The van der Waals surface area contributed by atoms with Gasteiger partial charge in [0.25, 0.3) is 0 Å². The van der Waals surface area contributed by atoms with E-state index in [1.165, 1.54) is 0 Å². The maximum atomic E-state index is 11.3. The van der Waals surface area contributed by atoms with E-state index < -0.39 is 15.8 Å². The van der Waals surface area contributed by atoms with Crippen molar-refractivity contribution in [2.45, 2.75) is 6.92 Å². The van der Waals surface area contributed by atoms with Gasteiger partial charge in [0.1, 0.15) is 4.88 Å². The molecule has 0 saturated carbocycles. The van der Waals surface area contributed by atoms with Crippen molar-refractivity contribution in [2.75, 3.05) is 29.5 Å². The third-order valence-corrected chi connectivity index (χ3v) is 5.41. The monoisotopic (exact) mass is 276 g/mol. The smallest absolute Gasteiger partial charge is 0.347 e. The van der Waals surface area contributed by atoms with Gasteiger partial charge >= 0.3 is 5.97 Å². The van der Waals surface area contributed by atoms with Gasteiger partial charge in [0.15, 0.2) is 15.0 Å². The fourth-order valence-corrected chi connectivity index (χ4v) is 3.78. The summed E-state index contributed by atoms with van der Waals surface area (Å²) < 4.78 is 22.5. The third-order valence-electron chi connectivity index (χ3n) is 2.59. The van der Waals surface area contributed by atoms with Crippen molar-refractivity contribution < 1.29 is 18.3 Å². The average Bonchev–Trinajstić information content (AvgIpc) is 2.60. The van der Waals surface area contributed by atoms with Crippen LogP contribution in [-0.4, -0.2) is 49.1 Å². The number of aromatic carboxylic acids is 1. The second kappa shape index (κ2) is 4.26. The molecule has 2 rings (SSSR count). The molecule has 0 atom stereocenters. The molecular formula is C9H12N2O4S2. The zero-order valence-electron chi connectivity index (χ0n) is 9.21. The molecule has 6 nitrogen and oxygen atoms in total. The number of rotatable bonds is 2. The van der Waals surface area contributed by atoms with Gasteiger partial charge < -0.3 is 10.0 Å². The van der Waals surface area contributed by atoms with Crippen molar-refractivity contribution in [1.29, 1.82) is 0 Å². The SMILES string of the molecule is Cc1nc(N2CCS(=O)(=O)CC2)sc1C(=O)O. The molecule has 17 heavy (non-hydrogen) atoms. The summed E-state index contributed by atoms with van der Waals surface area (Å²) in [6.45, 7) is 2.41. The standard InChI is InChI=1S/C9H12N2O4S2/c1-6-7(8(12)13)16-9(10-6)11-2-4-17(14,15)5-3-11/h2-5H2,1H3,(H,12,13). The summed E-state index contributed by atoms with van der Waals surface area (Å²) in [7, 11) is -2.92. The molecule has 1 aliphatic heterocycles. The van der Waals surface area contributed by atoms with Gasteiger partial charge in [-0.05, 0) is 6.92 Å². The fraction of sp³-hybridized carbons (Fsp3) is 0.556. The van der Waals surface area contributed by atoms with Gasteiger partial charge in [-0.15, -0.1) is 0 Å². The second-order valence-corrected chi connectivity index (χ2v) is 7.14. The highest BCUT2D eigenvalue weighted by molar-refractivity contribution is 7.91. The molecule has 0 bridgehead atoms. The molecule has 1 aliphatic rings. The first-order chi connectivity index (χ1) is 7.89. The molecule has 0 spiro atoms. The summed E-state index contributed by atoms with van der Waals surface area (Å²) in [6, 6.07) is 0. The van der Waals surface area contributed by atoms with E-state index in [9.17, 15) is 13.2 Å². The minimum atomic E-state index is -2.92. The lowest BCUT2D eigenvalue weighted by Gasteiger charge is -2.25. The normalized spacial score (nSPS) is 19.2. The van der Waals surface area contributed by atoms with Crippen LogP contribution in [0.4, 0.5) is 5.13 Å². The molecular weight excluding hydrogens is 264 g/mol. The van der Waals surface area contributed by atoms with Crippen molar-refractivity contribution in [1.82, 2.24) is 4.98 Å². The van der Waals surface area contributed by atoms with Gasteiger partial charge in [-0.2, -0.15) is 0 Å². The maximum absolute atomic E-state index is 11.3. The van der Waals surface area contributed by atoms with E-state index in [0.717, 1.165) is 11.3 Å². The van der Waals surface area contributed by atoms with E-state index in [-0.39, 0.29) is 16.4 Å². The Morgan fingerprint density at radius 1 is 1.41 bits per heavy atom. The molecule has 1 N–H and O–H groups in total. The number of hydrogen-bond donors (Lipinski definition) is 1. The maximum Gasteiger partial charge on any atom is 0.347 e. The summed E-state index contributed by atoms with van der Waals surface area (Å²) in [5.74, 6) is -0.780. The fourth-order valence-electron chi connectivity index (χ4n) is 1.62. The molecule has 1 fully saturated rings. The van der Waals surface area contributed by atoms with E-state index in [2.05, 4.69) is 4.98 Å². The van der Waals surface area contributed by atoms with Gasteiger partial charge in [0.2, 0.25) is 0 Å². The molecule has 0 aromatic carbocycles. The molecule has 0 amide bonds. The number of aromatic nitrogens is 1. The van der Waals surface area contributed by atoms with Gasteiger partial charge in [0.05, 0.1) is 17.2 Å². The van der Waals surface area contributed by atoms with Gasteiger partial charge in [-0.1, -0.05) is 11.3 Å². The first-order valence-corrected chi connectivity index (χ1v) is 7.69. The molecule has 8 heteroatoms. The third kappa shape index (κ3) is 2.58. The predicted molar refractivity (Wildman–Crippen MR) is 64.7 cm³/mol. The first-order valence-electron chi connectivity index (χ1n) is 5.05. The molecule has 1 saturated heterocycles. The van der Waals surface area contributed by atoms with Crippen LogP contribution in [0.15, 0.2) is 0 Å².